The first kappa shape index (κ1) is 14.1. The molecule has 2 saturated carbocycles. The van der Waals surface area contributed by atoms with E-state index < -0.39 is 0 Å². The van der Waals surface area contributed by atoms with Crippen molar-refractivity contribution in [1.29, 1.82) is 0 Å². The third kappa shape index (κ3) is 2.86. The molecule has 0 amide bonds. The molecule has 0 saturated heterocycles. The molecule has 1 unspecified atom stereocenters. The minimum Gasteiger partial charge on any atom is -0.329 e. The Bertz CT molecular complexity index is 645. The minimum absolute atomic E-state index is 0.205. The topological polar surface area (TPSA) is 56.7 Å². The predicted molar refractivity (Wildman–Crippen MR) is 87.2 cm³/mol. The Hall–Kier alpha value is -0.560. The van der Waals surface area contributed by atoms with Crippen molar-refractivity contribution in [3.05, 3.63) is 27.2 Å². The van der Waals surface area contributed by atoms with Crippen LogP contribution >= 0.6 is 34.7 Å². The highest BCUT2D eigenvalue weighted by molar-refractivity contribution is 7.99. The van der Waals surface area contributed by atoms with Gasteiger partial charge in [-0.25, -0.2) is 0 Å². The number of nitrogens with two attached hydrogens (primary N) is 1. The Morgan fingerprint density at radius 3 is 2.71 bits per heavy atom. The van der Waals surface area contributed by atoms with Gasteiger partial charge in [-0.2, -0.15) is 0 Å². The molecule has 0 radical (unpaired) electrons. The van der Waals surface area contributed by atoms with Crippen molar-refractivity contribution in [2.24, 2.45) is 5.73 Å². The van der Waals surface area contributed by atoms with Gasteiger partial charge in [0, 0.05) is 23.4 Å². The number of thioether (sulfide) groups is 1. The number of thiophene rings is 1. The molecular formula is C14H17ClN4S2. The minimum atomic E-state index is 0.205. The van der Waals surface area contributed by atoms with Crippen LogP contribution in [0.25, 0.3) is 0 Å². The molecule has 2 aromatic rings. The number of nitrogens with zero attached hydrogens (tertiary/aromatic N) is 3. The van der Waals surface area contributed by atoms with Gasteiger partial charge in [0.05, 0.1) is 9.59 Å². The van der Waals surface area contributed by atoms with Gasteiger partial charge in [0.15, 0.2) is 5.16 Å². The lowest BCUT2D eigenvalue weighted by Crippen LogP contribution is -2.10. The monoisotopic (exact) mass is 340 g/mol. The van der Waals surface area contributed by atoms with Gasteiger partial charge in [0.1, 0.15) is 5.82 Å². The molecule has 1 atom stereocenters. The number of aromatic nitrogens is 3. The van der Waals surface area contributed by atoms with Crippen molar-refractivity contribution >= 4 is 34.7 Å². The summed E-state index contributed by atoms with van der Waals surface area (Å²) in [6.07, 6.45) is 5.03. The molecule has 2 fully saturated rings. The van der Waals surface area contributed by atoms with Crippen LogP contribution < -0.4 is 5.73 Å². The van der Waals surface area contributed by atoms with Gasteiger partial charge < -0.3 is 10.3 Å². The van der Waals surface area contributed by atoms with Gasteiger partial charge in [-0.05, 0) is 37.8 Å². The van der Waals surface area contributed by atoms with Crippen LogP contribution in [0.4, 0.5) is 0 Å². The maximum absolute atomic E-state index is 6.05. The van der Waals surface area contributed by atoms with Gasteiger partial charge >= 0.3 is 0 Å². The van der Waals surface area contributed by atoms with Crippen molar-refractivity contribution in [1.82, 2.24) is 14.8 Å². The molecule has 0 spiro atoms. The van der Waals surface area contributed by atoms with E-state index >= 15 is 0 Å². The van der Waals surface area contributed by atoms with Crippen LogP contribution in [0.15, 0.2) is 17.3 Å². The molecular weight excluding hydrogens is 324 g/mol. The molecule has 2 aromatic heterocycles. The maximum Gasteiger partial charge on any atom is 0.192 e. The van der Waals surface area contributed by atoms with E-state index in [1.54, 1.807) is 23.1 Å². The normalized spacial score (nSPS) is 19.9. The third-order valence-corrected chi connectivity index (χ3v) is 6.63. The Morgan fingerprint density at radius 1 is 1.33 bits per heavy atom. The smallest absolute Gasteiger partial charge is 0.192 e. The average Bonchev–Trinajstić information content (AvgIpc) is 3.41. The van der Waals surface area contributed by atoms with Crippen LogP contribution in [0.5, 0.6) is 0 Å². The predicted octanol–water partition coefficient (Wildman–Crippen LogP) is 4.00. The number of rotatable bonds is 6. The molecule has 0 bridgehead atoms. The fraction of sp³-hybridized carbons (Fsp3) is 0.571. The molecule has 7 heteroatoms. The second-order valence-electron chi connectivity index (χ2n) is 5.70. The molecule has 21 heavy (non-hydrogen) atoms. The number of hydrogen-bond acceptors (Lipinski definition) is 5. The van der Waals surface area contributed by atoms with Gasteiger partial charge in [0.2, 0.25) is 0 Å². The molecule has 0 aromatic carbocycles. The van der Waals surface area contributed by atoms with E-state index in [2.05, 4.69) is 20.8 Å². The van der Waals surface area contributed by atoms with E-state index in [1.807, 2.05) is 6.07 Å². The highest BCUT2D eigenvalue weighted by atomic mass is 35.5. The lowest BCUT2D eigenvalue weighted by molar-refractivity contribution is 0.625. The van der Waals surface area contributed by atoms with Crippen molar-refractivity contribution < 1.29 is 0 Å². The second-order valence-corrected chi connectivity index (χ2v) is 8.62. The highest BCUT2D eigenvalue weighted by Gasteiger charge is 2.36. The SMILES string of the molecule is NCC(Sc1nnc(C2CC2)n1C1CC1)c1ccc(Cl)s1. The molecule has 4 rings (SSSR count). The fourth-order valence-corrected chi connectivity index (χ4v) is 4.85. The largest absolute Gasteiger partial charge is 0.329 e. The summed E-state index contributed by atoms with van der Waals surface area (Å²) >= 11 is 9.38. The molecule has 2 aliphatic carbocycles. The lowest BCUT2D eigenvalue weighted by atomic mass is 10.3. The van der Waals surface area contributed by atoms with Gasteiger partial charge in [-0.1, -0.05) is 23.4 Å². The van der Waals surface area contributed by atoms with Gasteiger partial charge in [-0.3, -0.25) is 0 Å². The van der Waals surface area contributed by atoms with Crippen LogP contribution in [-0.2, 0) is 0 Å². The van der Waals surface area contributed by atoms with Crippen LogP contribution in [0.2, 0.25) is 4.34 Å². The molecule has 4 nitrogen and oxygen atoms in total. The molecule has 2 heterocycles. The van der Waals surface area contributed by atoms with Crippen molar-refractivity contribution in [3.8, 4) is 0 Å². The summed E-state index contributed by atoms with van der Waals surface area (Å²) in [5.41, 5.74) is 5.97. The zero-order valence-corrected chi connectivity index (χ0v) is 13.9. The zero-order valence-electron chi connectivity index (χ0n) is 11.5. The Kier molecular flexibility index (Phi) is 3.73. The first-order valence-corrected chi connectivity index (χ1v) is 9.40. The van der Waals surface area contributed by atoms with Crippen molar-refractivity contribution in [2.45, 2.75) is 48.0 Å². The number of halogens is 1. The van der Waals surface area contributed by atoms with E-state index in [9.17, 15) is 0 Å². The van der Waals surface area contributed by atoms with E-state index in [0.29, 0.717) is 18.5 Å². The second kappa shape index (κ2) is 5.57. The molecule has 2 N–H and O–H groups in total. The summed E-state index contributed by atoms with van der Waals surface area (Å²) in [6.45, 7) is 0.581. The standard InChI is InChI=1S/C14H17ClN4S2/c15-12-6-5-10(20-12)11(7-16)21-14-18-17-13(8-1-2-8)19(14)9-3-4-9/h5-6,8-9,11H,1-4,7,16H2. The van der Waals surface area contributed by atoms with Crippen molar-refractivity contribution in [2.75, 3.05) is 6.54 Å². The van der Waals surface area contributed by atoms with Crippen LogP contribution in [0, 0.1) is 0 Å². The van der Waals surface area contributed by atoms with Crippen LogP contribution in [-0.4, -0.2) is 21.3 Å². The summed E-state index contributed by atoms with van der Waals surface area (Å²) in [7, 11) is 0. The summed E-state index contributed by atoms with van der Waals surface area (Å²) < 4.78 is 3.19. The summed E-state index contributed by atoms with van der Waals surface area (Å²) in [5.74, 6) is 1.83. The Balaban J connectivity index is 1.60. The first-order chi connectivity index (χ1) is 10.3. The summed E-state index contributed by atoms with van der Waals surface area (Å²) in [4.78, 5) is 1.21. The summed E-state index contributed by atoms with van der Waals surface area (Å²) in [5, 5.41) is 10.1. The quantitative estimate of drug-likeness (QED) is 0.807. The zero-order chi connectivity index (χ0) is 14.4. The first-order valence-electron chi connectivity index (χ1n) is 7.33. The molecule has 0 aliphatic heterocycles. The lowest BCUT2D eigenvalue weighted by Gasteiger charge is -2.13. The Morgan fingerprint density at radius 2 is 2.14 bits per heavy atom. The van der Waals surface area contributed by atoms with E-state index in [1.165, 1.54) is 36.4 Å². The number of hydrogen-bond donors (Lipinski definition) is 1. The van der Waals surface area contributed by atoms with Crippen molar-refractivity contribution in [3.63, 3.8) is 0 Å². The van der Waals surface area contributed by atoms with Crippen LogP contribution in [0.3, 0.4) is 0 Å². The van der Waals surface area contributed by atoms with E-state index in [0.717, 1.165) is 9.49 Å². The highest BCUT2D eigenvalue weighted by Crippen LogP contribution is 2.48. The fourth-order valence-electron chi connectivity index (χ4n) is 2.52. The van der Waals surface area contributed by atoms with E-state index in [4.69, 9.17) is 17.3 Å². The molecule has 2 aliphatic rings. The molecule has 112 valence electrons. The van der Waals surface area contributed by atoms with Crippen LogP contribution in [0.1, 0.15) is 53.6 Å². The summed E-state index contributed by atoms with van der Waals surface area (Å²) in [6, 6.07) is 4.62. The van der Waals surface area contributed by atoms with E-state index in [-0.39, 0.29) is 5.25 Å². The third-order valence-electron chi connectivity index (χ3n) is 3.92. The average molecular weight is 341 g/mol. The van der Waals surface area contributed by atoms with Gasteiger partial charge in [-0.15, -0.1) is 21.5 Å². The van der Waals surface area contributed by atoms with Gasteiger partial charge in [0.25, 0.3) is 0 Å². The Labute approximate surface area is 137 Å². The maximum atomic E-state index is 6.05.